The fraction of sp³-hybridized carbons (Fsp3) is 0.158. The fourth-order valence-electron chi connectivity index (χ4n) is 2.58. The van der Waals surface area contributed by atoms with E-state index in [0.29, 0.717) is 15.2 Å². The molecule has 7 heteroatoms. The molecule has 0 fully saturated rings. The smallest absolute Gasteiger partial charge is 0.171 e. The predicted octanol–water partition coefficient (Wildman–Crippen LogP) is 5.11. The fourth-order valence-corrected chi connectivity index (χ4v) is 3.12. The van der Waals surface area contributed by atoms with E-state index in [4.69, 9.17) is 35.4 Å². The molecule has 2 aromatic carbocycles. The molecule has 0 aliphatic rings. The van der Waals surface area contributed by atoms with Crippen LogP contribution < -0.4 is 10.6 Å². The molecule has 3 rings (SSSR count). The lowest BCUT2D eigenvalue weighted by Crippen LogP contribution is -2.34. The molecule has 0 spiro atoms. The molecule has 0 radical (unpaired) electrons. The molecule has 1 aromatic heterocycles. The minimum absolute atomic E-state index is 0.215. The summed E-state index contributed by atoms with van der Waals surface area (Å²) in [5, 5.41) is 8.36. The van der Waals surface area contributed by atoms with Crippen LogP contribution in [0.15, 0.2) is 54.9 Å². The summed E-state index contributed by atoms with van der Waals surface area (Å²) in [6.45, 7) is 1.96. The summed E-state index contributed by atoms with van der Waals surface area (Å²) in [5.74, 6) is 0.846. The molecule has 4 nitrogen and oxygen atoms in total. The Balaban J connectivity index is 1.83. The van der Waals surface area contributed by atoms with Gasteiger partial charge in [0.25, 0.3) is 0 Å². The second-order valence-electron chi connectivity index (χ2n) is 5.94. The van der Waals surface area contributed by atoms with Crippen LogP contribution in [0, 0.1) is 6.92 Å². The average molecular weight is 405 g/mol. The first-order valence-electron chi connectivity index (χ1n) is 8.00. The highest BCUT2D eigenvalue weighted by Crippen LogP contribution is 2.23. The first kappa shape index (κ1) is 18.7. The number of anilines is 1. The van der Waals surface area contributed by atoms with E-state index < -0.39 is 0 Å². The maximum Gasteiger partial charge on any atom is 0.171 e. The van der Waals surface area contributed by atoms with Gasteiger partial charge in [0, 0.05) is 35.2 Å². The summed E-state index contributed by atoms with van der Waals surface area (Å²) in [6.07, 6.45) is 3.66. The van der Waals surface area contributed by atoms with Crippen LogP contribution in [0.25, 0.3) is 0 Å². The summed E-state index contributed by atoms with van der Waals surface area (Å²) in [7, 11) is 1.95. The van der Waals surface area contributed by atoms with Gasteiger partial charge in [-0.15, -0.1) is 0 Å². The topological polar surface area (TPSA) is 41.9 Å². The first-order valence-corrected chi connectivity index (χ1v) is 9.17. The highest BCUT2D eigenvalue weighted by molar-refractivity contribution is 7.80. The van der Waals surface area contributed by atoms with Gasteiger partial charge < -0.3 is 15.2 Å². The molecule has 26 heavy (non-hydrogen) atoms. The Kier molecular flexibility index (Phi) is 5.81. The van der Waals surface area contributed by atoms with Crippen molar-refractivity contribution in [3.05, 3.63) is 81.9 Å². The predicted molar refractivity (Wildman–Crippen MR) is 112 cm³/mol. The largest absolute Gasteiger partial charge is 0.348 e. The SMILES string of the molecule is Cc1ccc(NC(=S)N[C@H](c2ccc(Cl)cc2)c2nccn2C)cc1Cl. The Bertz CT molecular complexity index is 922. The number of aromatic nitrogens is 2. The number of imidazole rings is 1. The lowest BCUT2D eigenvalue weighted by atomic mass is 10.1. The van der Waals surface area contributed by atoms with Crippen molar-refractivity contribution >= 4 is 46.2 Å². The van der Waals surface area contributed by atoms with Gasteiger partial charge in [-0.2, -0.15) is 0 Å². The zero-order chi connectivity index (χ0) is 18.7. The van der Waals surface area contributed by atoms with Gasteiger partial charge in [-0.3, -0.25) is 0 Å². The van der Waals surface area contributed by atoms with Gasteiger partial charge in [-0.25, -0.2) is 4.98 Å². The standard InChI is InChI=1S/C19H18Cl2N4S/c1-12-3-8-15(11-16(12)21)23-19(26)24-17(18-22-9-10-25(18)2)13-4-6-14(20)7-5-13/h3-11,17H,1-2H3,(H2,23,24,26)/t17-/m1/s1. The summed E-state index contributed by atoms with van der Waals surface area (Å²) in [6, 6.07) is 13.1. The molecule has 0 saturated heterocycles. The second-order valence-corrected chi connectivity index (χ2v) is 7.20. The zero-order valence-corrected chi connectivity index (χ0v) is 16.7. The average Bonchev–Trinajstić information content (AvgIpc) is 3.03. The molecule has 0 aliphatic heterocycles. The molecule has 0 saturated carbocycles. The Hall–Kier alpha value is -2.08. The van der Waals surface area contributed by atoms with Crippen LogP contribution in [0.2, 0.25) is 10.0 Å². The van der Waals surface area contributed by atoms with E-state index in [1.54, 1.807) is 6.20 Å². The number of thiocarbonyl (C=S) groups is 1. The van der Waals surface area contributed by atoms with Crippen LogP contribution in [0.3, 0.4) is 0 Å². The number of rotatable bonds is 4. The number of benzene rings is 2. The normalized spacial score (nSPS) is 11.8. The second kappa shape index (κ2) is 8.08. The van der Waals surface area contributed by atoms with Gasteiger partial charge >= 0.3 is 0 Å². The number of hydrogen-bond acceptors (Lipinski definition) is 2. The van der Waals surface area contributed by atoms with Crippen LogP contribution in [0.4, 0.5) is 5.69 Å². The van der Waals surface area contributed by atoms with Crippen molar-refractivity contribution in [3.8, 4) is 0 Å². The van der Waals surface area contributed by atoms with Crippen LogP contribution >= 0.6 is 35.4 Å². The van der Waals surface area contributed by atoms with Crippen molar-refractivity contribution in [2.75, 3.05) is 5.32 Å². The van der Waals surface area contributed by atoms with E-state index in [-0.39, 0.29) is 6.04 Å². The summed E-state index contributed by atoms with van der Waals surface area (Å²) in [5.41, 5.74) is 2.85. The molecule has 0 aliphatic carbocycles. The highest BCUT2D eigenvalue weighted by atomic mass is 35.5. The van der Waals surface area contributed by atoms with Gasteiger partial charge in [-0.05, 0) is 54.5 Å². The minimum Gasteiger partial charge on any atom is -0.348 e. The van der Waals surface area contributed by atoms with E-state index in [9.17, 15) is 0 Å². The number of nitrogens with zero attached hydrogens (tertiary/aromatic N) is 2. The molecule has 3 aromatic rings. The summed E-state index contributed by atoms with van der Waals surface area (Å²) in [4.78, 5) is 4.46. The van der Waals surface area contributed by atoms with Gasteiger partial charge in [0.05, 0.1) is 0 Å². The molecule has 2 N–H and O–H groups in total. The molecule has 1 heterocycles. The first-order chi connectivity index (χ1) is 12.4. The van der Waals surface area contributed by atoms with Crippen LogP contribution in [-0.4, -0.2) is 14.7 Å². The van der Waals surface area contributed by atoms with Gasteiger partial charge in [0.15, 0.2) is 5.11 Å². The molecular weight excluding hydrogens is 387 g/mol. The molecule has 0 bridgehead atoms. The zero-order valence-electron chi connectivity index (χ0n) is 14.3. The Labute approximate surface area is 168 Å². The lowest BCUT2D eigenvalue weighted by molar-refractivity contribution is 0.664. The maximum absolute atomic E-state index is 6.19. The van der Waals surface area contributed by atoms with Crippen molar-refractivity contribution in [2.24, 2.45) is 7.05 Å². The van der Waals surface area contributed by atoms with Crippen molar-refractivity contribution in [1.82, 2.24) is 14.9 Å². The highest BCUT2D eigenvalue weighted by Gasteiger charge is 2.19. The van der Waals surface area contributed by atoms with Crippen LogP contribution in [0.1, 0.15) is 23.0 Å². The molecule has 134 valence electrons. The van der Waals surface area contributed by atoms with Gasteiger partial charge in [0.1, 0.15) is 11.9 Å². The number of halogens is 2. The third-order valence-corrected chi connectivity index (χ3v) is 4.90. The third kappa shape index (κ3) is 4.36. The van der Waals surface area contributed by atoms with Gasteiger partial charge in [-0.1, -0.05) is 41.4 Å². The Morgan fingerprint density at radius 1 is 1.15 bits per heavy atom. The van der Waals surface area contributed by atoms with Crippen molar-refractivity contribution < 1.29 is 0 Å². The van der Waals surface area contributed by atoms with Crippen molar-refractivity contribution in [2.45, 2.75) is 13.0 Å². The monoisotopic (exact) mass is 404 g/mol. The van der Waals surface area contributed by atoms with Crippen molar-refractivity contribution in [3.63, 3.8) is 0 Å². The van der Waals surface area contributed by atoms with Gasteiger partial charge in [0.2, 0.25) is 0 Å². The Morgan fingerprint density at radius 3 is 2.50 bits per heavy atom. The van der Waals surface area contributed by atoms with E-state index in [1.807, 2.05) is 67.2 Å². The summed E-state index contributed by atoms with van der Waals surface area (Å²) >= 11 is 17.7. The van der Waals surface area contributed by atoms with Crippen LogP contribution in [0.5, 0.6) is 0 Å². The number of aryl methyl sites for hydroxylation is 2. The molecule has 0 amide bonds. The Morgan fingerprint density at radius 2 is 1.88 bits per heavy atom. The number of hydrogen-bond donors (Lipinski definition) is 2. The number of nitrogens with one attached hydrogen (secondary N) is 2. The van der Waals surface area contributed by atoms with E-state index in [1.165, 1.54) is 0 Å². The van der Waals surface area contributed by atoms with E-state index in [0.717, 1.165) is 22.6 Å². The molecular formula is C19H18Cl2N4S. The molecule has 1 atom stereocenters. The maximum atomic E-state index is 6.19. The van der Waals surface area contributed by atoms with Crippen LogP contribution in [-0.2, 0) is 7.05 Å². The molecule has 0 unspecified atom stereocenters. The summed E-state index contributed by atoms with van der Waals surface area (Å²) < 4.78 is 1.96. The quantitative estimate of drug-likeness (QED) is 0.592. The minimum atomic E-state index is -0.215. The van der Waals surface area contributed by atoms with E-state index in [2.05, 4.69) is 15.6 Å². The third-order valence-electron chi connectivity index (χ3n) is 4.03. The van der Waals surface area contributed by atoms with Crippen molar-refractivity contribution in [1.29, 1.82) is 0 Å². The van der Waals surface area contributed by atoms with E-state index >= 15 is 0 Å². The lowest BCUT2D eigenvalue weighted by Gasteiger charge is -2.21.